The molecule has 3 heterocycles. The van der Waals surface area contributed by atoms with Gasteiger partial charge in [-0.15, -0.1) is 0 Å². The fourth-order valence-corrected chi connectivity index (χ4v) is 3.95. The molecule has 134 valence electrons. The summed E-state index contributed by atoms with van der Waals surface area (Å²) in [4.78, 5) is 9.31. The van der Waals surface area contributed by atoms with Crippen LogP contribution in [0.2, 0.25) is 0 Å². The van der Waals surface area contributed by atoms with Gasteiger partial charge in [-0.25, -0.2) is 0 Å². The quantitative estimate of drug-likeness (QED) is 0.832. The summed E-state index contributed by atoms with van der Waals surface area (Å²) in [6.45, 7) is 9.92. The predicted molar refractivity (Wildman–Crippen MR) is 94.6 cm³/mol. The summed E-state index contributed by atoms with van der Waals surface area (Å²) in [5.74, 6) is 2.50. The highest BCUT2D eigenvalue weighted by Crippen LogP contribution is 2.32. The lowest BCUT2D eigenvalue weighted by Crippen LogP contribution is -2.47. The van der Waals surface area contributed by atoms with Gasteiger partial charge in [-0.05, 0) is 30.5 Å². The van der Waals surface area contributed by atoms with E-state index in [4.69, 9.17) is 9.26 Å². The third-order valence-corrected chi connectivity index (χ3v) is 5.26. The van der Waals surface area contributed by atoms with E-state index in [2.05, 4.69) is 45.1 Å². The Hall–Kier alpha value is -1.92. The molecule has 2 aromatic rings. The van der Waals surface area contributed by atoms with E-state index in [0.717, 1.165) is 63.8 Å². The van der Waals surface area contributed by atoms with Gasteiger partial charge in [0.15, 0.2) is 5.82 Å². The molecule has 0 spiro atoms. The molecule has 6 heteroatoms. The molecule has 0 radical (unpaired) electrons. The smallest absolute Gasteiger partial charge is 0.240 e. The van der Waals surface area contributed by atoms with Crippen LogP contribution in [0.1, 0.15) is 42.2 Å². The zero-order valence-electron chi connectivity index (χ0n) is 15.1. The van der Waals surface area contributed by atoms with Crippen molar-refractivity contribution in [2.45, 2.75) is 39.3 Å². The zero-order valence-corrected chi connectivity index (χ0v) is 15.1. The number of aryl methyl sites for hydroxylation is 1. The second kappa shape index (κ2) is 7.14. The van der Waals surface area contributed by atoms with Gasteiger partial charge in [0.2, 0.25) is 5.89 Å². The maximum Gasteiger partial charge on any atom is 0.240 e. The fourth-order valence-electron chi connectivity index (χ4n) is 3.95. The summed E-state index contributed by atoms with van der Waals surface area (Å²) in [6.07, 6.45) is 2.17. The van der Waals surface area contributed by atoms with E-state index < -0.39 is 0 Å². The lowest BCUT2D eigenvalue weighted by atomic mass is 9.98. The van der Waals surface area contributed by atoms with Gasteiger partial charge >= 0.3 is 0 Å². The van der Waals surface area contributed by atoms with Crippen LogP contribution in [0, 0.1) is 6.92 Å². The number of piperazine rings is 1. The molecule has 0 saturated carbocycles. The summed E-state index contributed by atoms with van der Waals surface area (Å²) >= 11 is 0. The Labute approximate surface area is 148 Å². The van der Waals surface area contributed by atoms with E-state index in [-0.39, 0.29) is 0 Å². The van der Waals surface area contributed by atoms with E-state index in [1.807, 2.05) is 6.92 Å². The second-order valence-corrected chi connectivity index (χ2v) is 6.94. The highest BCUT2D eigenvalue weighted by Gasteiger charge is 2.26. The van der Waals surface area contributed by atoms with Gasteiger partial charge in [-0.1, -0.05) is 24.2 Å². The van der Waals surface area contributed by atoms with Gasteiger partial charge in [0.1, 0.15) is 5.75 Å². The van der Waals surface area contributed by atoms with Gasteiger partial charge in [0.05, 0.1) is 13.2 Å². The molecule has 4 rings (SSSR count). The highest BCUT2D eigenvalue weighted by atomic mass is 16.5. The average Bonchev–Trinajstić information content (AvgIpc) is 3.25. The highest BCUT2D eigenvalue weighted by molar-refractivity contribution is 5.40. The minimum Gasteiger partial charge on any atom is -0.493 e. The minimum atomic E-state index is 0.485. The number of benzene rings is 1. The number of hydrogen-bond acceptors (Lipinski definition) is 6. The van der Waals surface area contributed by atoms with Gasteiger partial charge in [-0.3, -0.25) is 9.80 Å². The van der Waals surface area contributed by atoms with Crippen molar-refractivity contribution in [3.63, 3.8) is 0 Å². The van der Waals surface area contributed by atoms with Crippen LogP contribution in [0.5, 0.6) is 5.75 Å². The van der Waals surface area contributed by atoms with Crippen LogP contribution in [0.25, 0.3) is 0 Å². The van der Waals surface area contributed by atoms with Gasteiger partial charge in [-0.2, -0.15) is 4.98 Å². The van der Waals surface area contributed by atoms with Crippen molar-refractivity contribution in [1.29, 1.82) is 0 Å². The van der Waals surface area contributed by atoms with Gasteiger partial charge in [0.25, 0.3) is 0 Å². The maximum absolute atomic E-state index is 5.64. The Morgan fingerprint density at radius 3 is 2.76 bits per heavy atom. The SMILES string of the molecule is CC[C@H](c1ccc2c(c1)CCO2)N1CCN(Cc2nc(C)no2)CC1. The van der Waals surface area contributed by atoms with Crippen LogP contribution in [0.4, 0.5) is 0 Å². The fraction of sp³-hybridized carbons (Fsp3) is 0.579. The lowest BCUT2D eigenvalue weighted by molar-refractivity contribution is 0.0830. The summed E-state index contributed by atoms with van der Waals surface area (Å²) < 4.78 is 10.9. The molecule has 1 fully saturated rings. The van der Waals surface area contributed by atoms with Crippen LogP contribution < -0.4 is 4.74 Å². The molecule has 6 nitrogen and oxygen atoms in total. The number of nitrogens with zero attached hydrogens (tertiary/aromatic N) is 4. The first-order chi connectivity index (χ1) is 12.2. The normalized spacial score (nSPS) is 19.6. The van der Waals surface area contributed by atoms with Crippen molar-refractivity contribution in [3.8, 4) is 5.75 Å². The molecule has 0 amide bonds. The summed E-state index contributed by atoms with van der Waals surface area (Å²) in [7, 11) is 0. The lowest BCUT2D eigenvalue weighted by Gasteiger charge is -2.39. The van der Waals surface area contributed by atoms with Crippen molar-refractivity contribution in [2.75, 3.05) is 32.8 Å². The molecule has 2 aliphatic heterocycles. The number of aromatic nitrogens is 2. The third kappa shape index (κ3) is 3.55. The standard InChI is InChI=1S/C19H26N4O2/c1-3-17(15-4-5-18-16(12-15)6-11-24-18)23-9-7-22(8-10-23)13-19-20-14(2)21-25-19/h4-5,12,17H,3,6-11,13H2,1-2H3/t17-/m1/s1. The van der Waals surface area contributed by atoms with Crippen molar-refractivity contribution in [2.24, 2.45) is 0 Å². The Morgan fingerprint density at radius 1 is 1.20 bits per heavy atom. The average molecular weight is 342 g/mol. The van der Waals surface area contributed by atoms with Crippen molar-refractivity contribution in [1.82, 2.24) is 19.9 Å². The summed E-state index contributed by atoms with van der Waals surface area (Å²) in [6, 6.07) is 7.23. The molecule has 2 aliphatic rings. The Bertz CT molecular complexity index is 722. The molecule has 0 N–H and O–H groups in total. The monoisotopic (exact) mass is 342 g/mol. The topological polar surface area (TPSA) is 54.6 Å². The van der Waals surface area contributed by atoms with E-state index in [1.54, 1.807) is 0 Å². The van der Waals surface area contributed by atoms with Crippen LogP contribution in [0.3, 0.4) is 0 Å². The van der Waals surface area contributed by atoms with Crippen LogP contribution >= 0.6 is 0 Å². The van der Waals surface area contributed by atoms with E-state index in [1.165, 1.54) is 11.1 Å². The zero-order chi connectivity index (χ0) is 17.2. The maximum atomic E-state index is 5.64. The Morgan fingerprint density at radius 2 is 2.04 bits per heavy atom. The number of fused-ring (bicyclic) bond motifs is 1. The van der Waals surface area contributed by atoms with Crippen molar-refractivity contribution >= 4 is 0 Å². The van der Waals surface area contributed by atoms with Gasteiger partial charge < -0.3 is 9.26 Å². The van der Waals surface area contributed by atoms with Crippen LogP contribution in [0.15, 0.2) is 22.7 Å². The van der Waals surface area contributed by atoms with Crippen molar-refractivity contribution in [3.05, 3.63) is 41.0 Å². The van der Waals surface area contributed by atoms with E-state index in [0.29, 0.717) is 11.9 Å². The first-order valence-corrected chi connectivity index (χ1v) is 9.24. The largest absolute Gasteiger partial charge is 0.493 e. The van der Waals surface area contributed by atoms with Crippen molar-refractivity contribution < 1.29 is 9.26 Å². The minimum absolute atomic E-state index is 0.485. The first kappa shape index (κ1) is 16.5. The number of ether oxygens (including phenoxy) is 1. The summed E-state index contributed by atoms with van der Waals surface area (Å²) in [5, 5.41) is 3.87. The number of rotatable bonds is 5. The molecule has 1 aromatic carbocycles. The summed E-state index contributed by atoms with van der Waals surface area (Å²) in [5.41, 5.74) is 2.79. The molecule has 1 atom stereocenters. The molecule has 1 aromatic heterocycles. The Kier molecular flexibility index (Phi) is 4.72. The molecule has 1 saturated heterocycles. The Balaban J connectivity index is 1.38. The predicted octanol–water partition coefficient (Wildman–Crippen LogP) is 2.58. The number of hydrogen-bond donors (Lipinski definition) is 0. The molecule has 25 heavy (non-hydrogen) atoms. The molecular weight excluding hydrogens is 316 g/mol. The second-order valence-electron chi connectivity index (χ2n) is 6.94. The molecule has 0 aliphatic carbocycles. The molecular formula is C19H26N4O2. The van der Waals surface area contributed by atoms with Gasteiger partial charge in [0, 0.05) is 38.6 Å². The third-order valence-electron chi connectivity index (χ3n) is 5.26. The van der Waals surface area contributed by atoms with E-state index >= 15 is 0 Å². The molecule has 0 bridgehead atoms. The van der Waals surface area contributed by atoms with E-state index in [9.17, 15) is 0 Å². The van der Waals surface area contributed by atoms with Crippen LogP contribution in [-0.2, 0) is 13.0 Å². The first-order valence-electron chi connectivity index (χ1n) is 9.24. The molecule has 0 unspecified atom stereocenters. The van der Waals surface area contributed by atoms with Crippen LogP contribution in [-0.4, -0.2) is 52.7 Å².